The lowest BCUT2D eigenvalue weighted by molar-refractivity contribution is -0.140. The van der Waals surface area contributed by atoms with Crippen LogP contribution in [0.5, 0.6) is 0 Å². The van der Waals surface area contributed by atoms with Crippen LogP contribution >= 0.6 is 0 Å². The zero-order chi connectivity index (χ0) is 20.7. The van der Waals surface area contributed by atoms with Crippen LogP contribution in [0.1, 0.15) is 58.6 Å². The Balaban J connectivity index is 1.92. The van der Waals surface area contributed by atoms with Crippen LogP contribution in [0.3, 0.4) is 0 Å². The van der Waals surface area contributed by atoms with Crippen molar-refractivity contribution in [1.82, 2.24) is 9.55 Å². The number of nitrogens with zero attached hydrogens (tertiary/aromatic N) is 2. The molecule has 0 spiro atoms. The van der Waals surface area contributed by atoms with Gasteiger partial charge in [0.1, 0.15) is 12.2 Å². The molecule has 158 valence electrons. The van der Waals surface area contributed by atoms with Gasteiger partial charge in [-0.25, -0.2) is 19.5 Å². The molecule has 9 nitrogen and oxygen atoms in total. The fraction of sp³-hybridized carbons (Fsp3) is 0.722. The topological polar surface area (TPSA) is 123 Å². The molecule has 0 aliphatic carbocycles. The van der Waals surface area contributed by atoms with Crippen molar-refractivity contribution in [3.8, 4) is 0 Å². The summed E-state index contributed by atoms with van der Waals surface area (Å²) in [7, 11) is 0. The number of anilines is 1. The van der Waals surface area contributed by atoms with E-state index in [9.17, 15) is 19.1 Å². The lowest BCUT2D eigenvalue weighted by Crippen LogP contribution is -2.42. The van der Waals surface area contributed by atoms with E-state index in [2.05, 4.69) is 17.4 Å². The Morgan fingerprint density at radius 2 is 2.14 bits per heavy atom. The number of alkyl halides is 1. The number of halogens is 1. The molecule has 3 N–H and O–H groups in total. The van der Waals surface area contributed by atoms with Crippen molar-refractivity contribution in [1.29, 1.82) is 0 Å². The zero-order valence-corrected chi connectivity index (χ0v) is 16.1. The number of ether oxygens (including phenoxy) is 1. The fourth-order valence-corrected chi connectivity index (χ4v) is 3.04. The van der Waals surface area contributed by atoms with E-state index in [-0.39, 0.29) is 12.2 Å². The van der Waals surface area contributed by atoms with Gasteiger partial charge in [0.15, 0.2) is 17.7 Å². The second-order valence-electron chi connectivity index (χ2n) is 7.05. The lowest BCUT2D eigenvalue weighted by atomic mass is 9.98. The van der Waals surface area contributed by atoms with E-state index in [1.807, 2.05) is 0 Å². The highest BCUT2D eigenvalue weighted by Crippen LogP contribution is 2.40. The first-order chi connectivity index (χ1) is 13.3. The van der Waals surface area contributed by atoms with Gasteiger partial charge in [0.2, 0.25) is 0 Å². The first-order valence-electron chi connectivity index (χ1n) is 9.49. The summed E-state index contributed by atoms with van der Waals surface area (Å²) < 4.78 is 20.9. The summed E-state index contributed by atoms with van der Waals surface area (Å²) in [6, 6.07) is 1.31. The molecule has 2 heterocycles. The van der Waals surface area contributed by atoms with Crippen LogP contribution in [0, 0.1) is 0 Å². The first kappa shape index (κ1) is 22.3. The summed E-state index contributed by atoms with van der Waals surface area (Å²) in [4.78, 5) is 32.4. The molecule has 1 fully saturated rings. The van der Waals surface area contributed by atoms with E-state index in [1.54, 1.807) is 0 Å². The number of unbranched alkanes of at least 4 members (excludes halogenated alkanes) is 4. The largest absolute Gasteiger partial charge is 0.394 e. The molecular weight excluding hydrogens is 373 g/mol. The van der Waals surface area contributed by atoms with Crippen molar-refractivity contribution >= 4 is 11.8 Å². The van der Waals surface area contributed by atoms with Gasteiger partial charge in [0, 0.05) is 18.7 Å². The fourth-order valence-electron chi connectivity index (χ4n) is 3.04. The number of aliphatic hydroxyl groups excluding tert-OH is 2. The van der Waals surface area contributed by atoms with E-state index >= 15 is 0 Å². The zero-order valence-electron chi connectivity index (χ0n) is 16.1. The second-order valence-corrected chi connectivity index (χ2v) is 7.05. The minimum absolute atomic E-state index is 0.0154. The van der Waals surface area contributed by atoms with Gasteiger partial charge in [0.05, 0.1) is 6.61 Å². The third-order valence-corrected chi connectivity index (χ3v) is 4.73. The molecule has 2 rings (SSSR count). The number of carbonyl (C=O) groups is 1. The third kappa shape index (κ3) is 5.27. The Labute approximate surface area is 162 Å². The number of carbonyl (C=O) groups excluding carboxylic acids is 1. The maximum Gasteiger partial charge on any atom is 0.351 e. The van der Waals surface area contributed by atoms with Gasteiger partial charge in [-0.05, 0) is 13.3 Å². The molecule has 1 saturated heterocycles. The van der Waals surface area contributed by atoms with Crippen LogP contribution in [-0.2, 0) is 14.4 Å². The molecular formula is C18H28FN3O6. The van der Waals surface area contributed by atoms with Gasteiger partial charge in [-0.1, -0.05) is 32.6 Å². The summed E-state index contributed by atoms with van der Waals surface area (Å²) in [6.45, 7) is 2.60. The average molecular weight is 401 g/mol. The monoisotopic (exact) mass is 401 g/mol. The molecule has 1 unspecified atom stereocenters. The number of hydrogen-bond acceptors (Lipinski definition) is 8. The molecule has 10 heteroatoms. The number of hydrogen-bond donors (Lipinski definition) is 3. The van der Waals surface area contributed by atoms with Crippen molar-refractivity contribution < 1.29 is 29.0 Å². The van der Waals surface area contributed by atoms with E-state index in [0.717, 1.165) is 43.6 Å². The second kappa shape index (κ2) is 9.94. The van der Waals surface area contributed by atoms with Crippen LogP contribution in [-0.4, -0.2) is 50.2 Å². The maximum absolute atomic E-state index is 14.8. The minimum Gasteiger partial charge on any atom is -0.394 e. The van der Waals surface area contributed by atoms with Crippen molar-refractivity contribution in [3.63, 3.8) is 0 Å². The van der Waals surface area contributed by atoms with E-state index in [4.69, 9.17) is 14.7 Å². The van der Waals surface area contributed by atoms with Gasteiger partial charge in [0.25, 0.3) is 0 Å². The number of aliphatic hydroxyl groups is 2. The Hall–Kier alpha value is -2.04. The van der Waals surface area contributed by atoms with Gasteiger partial charge < -0.3 is 19.8 Å². The normalized spacial score (nSPS) is 27.0. The van der Waals surface area contributed by atoms with Crippen molar-refractivity contribution in [2.75, 3.05) is 12.1 Å². The number of rotatable bonds is 10. The Morgan fingerprint density at radius 3 is 2.75 bits per heavy atom. The van der Waals surface area contributed by atoms with E-state index in [0.29, 0.717) is 0 Å². The van der Waals surface area contributed by atoms with Crippen LogP contribution < -0.4 is 11.2 Å². The highest BCUT2D eigenvalue weighted by atomic mass is 19.1. The molecule has 0 radical (unpaired) electrons. The molecule has 0 aromatic carbocycles. The highest BCUT2D eigenvalue weighted by Gasteiger charge is 2.55. The Morgan fingerprint density at radius 1 is 1.43 bits per heavy atom. The molecule has 1 aliphatic rings. The van der Waals surface area contributed by atoms with Crippen LogP contribution in [0.25, 0.3) is 0 Å². The van der Waals surface area contributed by atoms with Crippen molar-refractivity contribution in [3.05, 3.63) is 22.7 Å². The Kier molecular flexibility index (Phi) is 7.90. The summed E-state index contributed by atoms with van der Waals surface area (Å²) >= 11 is 0. The average Bonchev–Trinajstić information content (AvgIpc) is 2.89. The molecule has 1 aromatic heterocycles. The minimum atomic E-state index is -2.29. The van der Waals surface area contributed by atoms with Crippen molar-refractivity contribution in [2.24, 2.45) is 0 Å². The van der Waals surface area contributed by atoms with E-state index < -0.39 is 42.4 Å². The van der Waals surface area contributed by atoms with Crippen LogP contribution in [0.15, 0.2) is 17.1 Å². The molecule has 28 heavy (non-hydrogen) atoms. The van der Waals surface area contributed by atoms with Gasteiger partial charge in [-0.15, -0.1) is 0 Å². The highest BCUT2D eigenvalue weighted by molar-refractivity contribution is 5.70. The van der Waals surface area contributed by atoms with E-state index in [1.165, 1.54) is 12.3 Å². The summed E-state index contributed by atoms with van der Waals surface area (Å²) in [5.41, 5.74) is -0.848. The lowest BCUT2D eigenvalue weighted by Gasteiger charge is -2.24. The summed E-state index contributed by atoms with van der Waals surface area (Å²) in [5, 5.41) is 19.1. The number of aromatic nitrogens is 2. The predicted octanol–water partition coefficient (Wildman–Crippen LogP) is 1.45. The predicted molar refractivity (Wildman–Crippen MR) is 98.1 cm³/mol. The molecule has 4 atom stereocenters. The number of nitrogens with one attached hydrogen (secondary N) is 1. The standard InChI is InChI=1S/C18H28FN3O6/c1-3-4-5-6-7-8-14(24)28-21-13-9-10-22(17(26)20-13)16-18(2,19)15(25)12(11-23)27-16/h9-10,12,15-16,23,25H,3-8,11H2,1-2H3,(H,20,21,26)/t12-,15+,16-,18?/m1/s1. The smallest absolute Gasteiger partial charge is 0.351 e. The molecule has 0 bridgehead atoms. The summed E-state index contributed by atoms with van der Waals surface area (Å²) in [5.74, 6) is -0.481. The van der Waals surface area contributed by atoms with Crippen molar-refractivity contribution in [2.45, 2.75) is 76.5 Å². The maximum atomic E-state index is 14.8. The van der Waals surface area contributed by atoms with Crippen LogP contribution in [0.2, 0.25) is 0 Å². The Bertz CT molecular complexity index is 711. The quantitative estimate of drug-likeness (QED) is 0.398. The summed E-state index contributed by atoms with van der Waals surface area (Å²) in [6.07, 6.45) is 2.27. The van der Waals surface area contributed by atoms with Gasteiger partial charge in [-0.3, -0.25) is 4.57 Å². The molecule has 1 aromatic rings. The van der Waals surface area contributed by atoms with Gasteiger partial charge >= 0.3 is 11.7 Å². The third-order valence-electron chi connectivity index (χ3n) is 4.73. The first-order valence-corrected chi connectivity index (χ1v) is 9.49. The van der Waals surface area contributed by atoms with Crippen LogP contribution in [0.4, 0.5) is 10.2 Å². The molecule has 1 aliphatic heterocycles. The van der Waals surface area contributed by atoms with Gasteiger partial charge in [-0.2, -0.15) is 4.98 Å². The molecule has 0 saturated carbocycles. The SMILES string of the molecule is CCCCCCCC(=O)ONc1ccn([C@@H]2O[C@H](CO)[C@H](O)C2(C)F)c(=O)n1. The molecule has 0 amide bonds.